The van der Waals surface area contributed by atoms with Gasteiger partial charge in [0.15, 0.2) is 0 Å². The maximum Gasteiger partial charge on any atom is 0.224 e. The molecule has 0 saturated carbocycles. The minimum atomic E-state index is -0.351. The minimum Gasteiger partial charge on any atom is -0.508 e. The fourth-order valence-electron chi connectivity index (χ4n) is 1.50. The van der Waals surface area contributed by atoms with Crippen LogP contribution in [0.25, 0.3) is 0 Å². The van der Waals surface area contributed by atoms with E-state index in [0.717, 1.165) is 5.56 Å². The largest absolute Gasteiger partial charge is 0.508 e. The van der Waals surface area contributed by atoms with Gasteiger partial charge in [-0.05, 0) is 30.5 Å². The quantitative estimate of drug-likeness (QED) is 0.696. The topological polar surface area (TPSA) is 69.6 Å². The van der Waals surface area contributed by atoms with Gasteiger partial charge in [0.1, 0.15) is 5.75 Å². The van der Waals surface area contributed by atoms with Crippen LogP contribution in [0.15, 0.2) is 24.3 Å². The normalized spacial score (nSPS) is 12.1. The van der Waals surface area contributed by atoms with Crippen LogP contribution < -0.4 is 5.32 Å². The number of amides is 1. The highest BCUT2D eigenvalue weighted by molar-refractivity contribution is 5.78. The molecule has 1 aromatic rings. The number of aliphatic hydroxyl groups is 1. The van der Waals surface area contributed by atoms with E-state index in [0.29, 0.717) is 19.4 Å². The van der Waals surface area contributed by atoms with E-state index in [1.165, 1.54) is 0 Å². The van der Waals surface area contributed by atoms with Crippen LogP contribution in [0, 0.1) is 0 Å². The molecule has 1 aromatic carbocycles. The van der Waals surface area contributed by atoms with Crippen molar-refractivity contribution in [1.82, 2.24) is 5.32 Å². The van der Waals surface area contributed by atoms with Gasteiger partial charge in [-0.2, -0.15) is 0 Å². The van der Waals surface area contributed by atoms with E-state index < -0.39 is 0 Å². The van der Waals surface area contributed by atoms with Crippen molar-refractivity contribution in [3.63, 3.8) is 0 Å². The molecule has 0 aromatic heterocycles. The third-order valence-corrected chi connectivity index (χ3v) is 2.55. The van der Waals surface area contributed by atoms with Gasteiger partial charge in [0, 0.05) is 6.54 Å². The molecule has 17 heavy (non-hydrogen) atoms. The van der Waals surface area contributed by atoms with E-state index in [4.69, 9.17) is 0 Å². The maximum atomic E-state index is 11.5. The Labute approximate surface area is 101 Å². The lowest BCUT2D eigenvalue weighted by Gasteiger charge is -2.08. The Hall–Kier alpha value is -1.55. The molecule has 0 saturated heterocycles. The first-order valence-corrected chi connectivity index (χ1v) is 5.84. The van der Waals surface area contributed by atoms with Crippen LogP contribution in [-0.4, -0.2) is 28.8 Å². The first-order chi connectivity index (χ1) is 8.11. The van der Waals surface area contributed by atoms with Crippen molar-refractivity contribution in [2.24, 2.45) is 0 Å². The molecule has 0 fully saturated rings. The second-order valence-electron chi connectivity index (χ2n) is 4.05. The van der Waals surface area contributed by atoms with E-state index in [-0.39, 0.29) is 24.2 Å². The highest BCUT2D eigenvalue weighted by Crippen LogP contribution is 2.11. The van der Waals surface area contributed by atoms with Crippen molar-refractivity contribution >= 4 is 5.91 Å². The van der Waals surface area contributed by atoms with E-state index in [1.54, 1.807) is 24.3 Å². The van der Waals surface area contributed by atoms with Crippen molar-refractivity contribution < 1.29 is 15.0 Å². The van der Waals surface area contributed by atoms with Gasteiger partial charge in [0.2, 0.25) is 5.91 Å². The highest BCUT2D eigenvalue weighted by Gasteiger charge is 2.05. The zero-order valence-corrected chi connectivity index (χ0v) is 10.0. The van der Waals surface area contributed by atoms with Crippen molar-refractivity contribution in [2.75, 3.05) is 6.54 Å². The number of nitrogens with one attached hydrogen (secondary N) is 1. The van der Waals surface area contributed by atoms with Crippen molar-refractivity contribution in [3.05, 3.63) is 29.8 Å². The zero-order chi connectivity index (χ0) is 12.7. The van der Waals surface area contributed by atoms with Gasteiger partial charge in [-0.25, -0.2) is 0 Å². The molecule has 0 aliphatic carbocycles. The molecule has 4 heteroatoms. The molecule has 0 heterocycles. The third kappa shape index (κ3) is 5.36. The van der Waals surface area contributed by atoms with E-state index in [1.807, 2.05) is 6.92 Å². The van der Waals surface area contributed by atoms with Gasteiger partial charge >= 0.3 is 0 Å². The summed E-state index contributed by atoms with van der Waals surface area (Å²) in [5, 5.41) is 21.3. The van der Waals surface area contributed by atoms with E-state index >= 15 is 0 Å². The lowest BCUT2D eigenvalue weighted by Crippen LogP contribution is -2.28. The predicted molar refractivity (Wildman–Crippen MR) is 65.7 cm³/mol. The summed E-state index contributed by atoms with van der Waals surface area (Å²) in [6, 6.07) is 6.64. The van der Waals surface area contributed by atoms with Crippen molar-refractivity contribution in [3.8, 4) is 5.75 Å². The van der Waals surface area contributed by atoms with Gasteiger partial charge in [-0.15, -0.1) is 0 Å². The Balaban J connectivity index is 2.30. The first kappa shape index (κ1) is 13.5. The summed E-state index contributed by atoms with van der Waals surface area (Å²) in [6.45, 7) is 2.38. The number of hydrogen-bond donors (Lipinski definition) is 3. The Bertz CT molecular complexity index is 365. The third-order valence-electron chi connectivity index (χ3n) is 2.55. The monoisotopic (exact) mass is 237 g/mol. The fraction of sp³-hybridized carbons (Fsp3) is 0.462. The number of benzene rings is 1. The molecule has 1 rings (SSSR count). The molecule has 0 bridgehead atoms. The molecular weight excluding hydrogens is 218 g/mol. The first-order valence-electron chi connectivity index (χ1n) is 5.84. The molecule has 94 valence electrons. The Morgan fingerprint density at radius 3 is 2.88 bits per heavy atom. The summed E-state index contributed by atoms with van der Waals surface area (Å²) in [7, 11) is 0. The van der Waals surface area contributed by atoms with Gasteiger partial charge in [0.05, 0.1) is 12.5 Å². The number of rotatable bonds is 6. The average Bonchev–Trinajstić information content (AvgIpc) is 2.28. The maximum absolute atomic E-state index is 11.5. The highest BCUT2D eigenvalue weighted by atomic mass is 16.3. The predicted octanol–water partition coefficient (Wildman–Crippen LogP) is 1.21. The standard InChI is InChI=1S/C13H19NO3/c1-2-11(15)6-7-14-13(17)9-10-4-3-5-12(16)8-10/h3-5,8,11,15-16H,2,6-7,9H2,1H3,(H,14,17). The SMILES string of the molecule is CCC(O)CCNC(=O)Cc1cccc(O)c1. The molecule has 1 unspecified atom stereocenters. The van der Waals surface area contributed by atoms with Crippen LogP contribution in [-0.2, 0) is 11.2 Å². The van der Waals surface area contributed by atoms with E-state index in [2.05, 4.69) is 5.32 Å². The molecule has 0 radical (unpaired) electrons. The van der Waals surface area contributed by atoms with Gasteiger partial charge in [-0.3, -0.25) is 4.79 Å². The summed E-state index contributed by atoms with van der Waals surface area (Å²) in [5.41, 5.74) is 0.776. The molecule has 0 aliphatic rings. The van der Waals surface area contributed by atoms with Crippen LogP contribution >= 0.6 is 0 Å². The van der Waals surface area contributed by atoms with Crippen LogP contribution in [0.4, 0.5) is 0 Å². The molecule has 0 aliphatic heterocycles. The number of carbonyl (C=O) groups is 1. The van der Waals surface area contributed by atoms with Gasteiger partial charge in [0.25, 0.3) is 0 Å². The van der Waals surface area contributed by atoms with Crippen LogP contribution in [0.3, 0.4) is 0 Å². The lowest BCUT2D eigenvalue weighted by molar-refractivity contribution is -0.120. The molecular formula is C13H19NO3. The molecule has 0 spiro atoms. The summed E-state index contributed by atoms with van der Waals surface area (Å²) < 4.78 is 0. The Morgan fingerprint density at radius 1 is 1.47 bits per heavy atom. The summed E-state index contributed by atoms with van der Waals surface area (Å²) in [5.74, 6) is 0.0654. The minimum absolute atomic E-state index is 0.0982. The lowest BCUT2D eigenvalue weighted by atomic mass is 10.1. The number of aliphatic hydroxyl groups excluding tert-OH is 1. The number of hydrogen-bond acceptors (Lipinski definition) is 3. The van der Waals surface area contributed by atoms with Gasteiger partial charge in [-0.1, -0.05) is 19.1 Å². The summed E-state index contributed by atoms with van der Waals surface area (Å²) >= 11 is 0. The number of carbonyl (C=O) groups excluding carboxylic acids is 1. The van der Waals surface area contributed by atoms with Crippen LogP contribution in [0.2, 0.25) is 0 Å². The summed E-state index contributed by atoms with van der Waals surface area (Å²) in [6.07, 6.45) is 1.16. The molecule has 4 nitrogen and oxygen atoms in total. The van der Waals surface area contributed by atoms with Crippen molar-refractivity contribution in [2.45, 2.75) is 32.3 Å². The number of aromatic hydroxyl groups is 1. The van der Waals surface area contributed by atoms with Gasteiger partial charge < -0.3 is 15.5 Å². The van der Waals surface area contributed by atoms with Crippen LogP contribution in [0.1, 0.15) is 25.3 Å². The van der Waals surface area contributed by atoms with Crippen LogP contribution in [0.5, 0.6) is 5.75 Å². The molecule has 1 amide bonds. The van der Waals surface area contributed by atoms with Crippen molar-refractivity contribution in [1.29, 1.82) is 0 Å². The second-order valence-corrected chi connectivity index (χ2v) is 4.05. The summed E-state index contributed by atoms with van der Waals surface area (Å²) in [4.78, 5) is 11.5. The molecule has 1 atom stereocenters. The smallest absolute Gasteiger partial charge is 0.224 e. The second kappa shape index (κ2) is 6.91. The average molecular weight is 237 g/mol. The number of phenolic OH excluding ortho intramolecular Hbond substituents is 1. The zero-order valence-electron chi connectivity index (χ0n) is 10.0. The Morgan fingerprint density at radius 2 is 2.24 bits per heavy atom. The van der Waals surface area contributed by atoms with E-state index in [9.17, 15) is 15.0 Å². The molecule has 3 N–H and O–H groups in total. The fourth-order valence-corrected chi connectivity index (χ4v) is 1.50. The Kier molecular flexibility index (Phi) is 5.49. The number of phenols is 1.